The summed E-state index contributed by atoms with van der Waals surface area (Å²) in [6.07, 6.45) is 3.89. The highest BCUT2D eigenvalue weighted by molar-refractivity contribution is 5.98. The molecule has 2 aromatic carbocycles. The predicted molar refractivity (Wildman–Crippen MR) is 160 cm³/mol. The summed E-state index contributed by atoms with van der Waals surface area (Å²) in [6, 6.07) is 16.2. The Hall–Kier alpha value is -3.79. The number of fused-ring (bicyclic) bond motifs is 1. The minimum absolute atomic E-state index is 0.0754. The van der Waals surface area contributed by atoms with E-state index in [2.05, 4.69) is 39.4 Å². The molecule has 1 spiro atoms. The zero-order valence-electron chi connectivity index (χ0n) is 24.2. The monoisotopic (exact) mass is 567 g/mol. The second-order valence-corrected chi connectivity index (χ2v) is 12.8. The van der Waals surface area contributed by atoms with Gasteiger partial charge < -0.3 is 29.8 Å². The van der Waals surface area contributed by atoms with Gasteiger partial charge in [-0.1, -0.05) is 24.3 Å². The summed E-state index contributed by atoms with van der Waals surface area (Å²) in [7, 11) is 0. The van der Waals surface area contributed by atoms with E-state index in [1.807, 2.05) is 49.2 Å². The van der Waals surface area contributed by atoms with Crippen molar-refractivity contribution in [2.24, 2.45) is 11.1 Å². The van der Waals surface area contributed by atoms with Crippen LogP contribution in [0.4, 0.5) is 0 Å². The lowest BCUT2D eigenvalue weighted by Crippen LogP contribution is -2.67. The van der Waals surface area contributed by atoms with Crippen LogP contribution in [0.2, 0.25) is 0 Å². The fraction of sp³-hybridized carbons (Fsp3) is 0.424. The van der Waals surface area contributed by atoms with Crippen LogP contribution in [0.5, 0.6) is 5.75 Å². The molecule has 0 unspecified atom stereocenters. The molecule has 218 valence electrons. The van der Waals surface area contributed by atoms with Crippen LogP contribution in [0.15, 0.2) is 54.7 Å². The van der Waals surface area contributed by atoms with Crippen molar-refractivity contribution >= 4 is 16.9 Å². The Bertz CT molecular complexity index is 1610. The zero-order valence-corrected chi connectivity index (χ0v) is 24.2. The average molecular weight is 568 g/mol. The van der Waals surface area contributed by atoms with E-state index in [1.54, 1.807) is 0 Å². The number of likely N-dealkylation sites (tertiary alicyclic amines) is 1. The molecule has 7 rings (SSSR count). The summed E-state index contributed by atoms with van der Waals surface area (Å²) in [6.45, 7) is 8.95. The number of nitrogens with one attached hydrogen (secondary N) is 1. The van der Waals surface area contributed by atoms with Gasteiger partial charge in [0.15, 0.2) is 5.65 Å². The first-order valence-corrected chi connectivity index (χ1v) is 14.7. The number of nitrogens with two attached hydrogens (primary N) is 1. The number of rotatable bonds is 7. The molecule has 3 aliphatic heterocycles. The lowest BCUT2D eigenvalue weighted by Gasteiger charge is -2.54. The van der Waals surface area contributed by atoms with Crippen molar-refractivity contribution in [3.8, 4) is 28.1 Å². The molecule has 3 saturated heterocycles. The van der Waals surface area contributed by atoms with E-state index in [0.717, 1.165) is 85.9 Å². The highest BCUT2D eigenvalue weighted by atomic mass is 16.5. The van der Waals surface area contributed by atoms with Crippen molar-refractivity contribution in [2.75, 3.05) is 46.1 Å². The van der Waals surface area contributed by atoms with Crippen LogP contribution in [-0.4, -0.2) is 77.7 Å². The average Bonchev–Trinajstić information content (AvgIpc) is 3.38. The minimum Gasteiger partial charge on any atom is -0.491 e. The first kappa shape index (κ1) is 27.1. The van der Waals surface area contributed by atoms with E-state index in [-0.39, 0.29) is 11.3 Å². The number of hydrogen-bond donors (Lipinski definition) is 2. The topological polar surface area (TPSA) is 116 Å². The van der Waals surface area contributed by atoms with E-state index < -0.39 is 5.54 Å². The summed E-state index contributed by atoms with van der Waals surface area (Å²) >= 11 is 0. The third-order valence-electron chi connectivity index (χ3n) is 8.61. The first-order chi connectivity index (χ1) is 20.3. The van der Waals surface area contributed by atoms with Crippen molar-refractivity contribution in [3.05, 3.63) is 65.9 Å². The second-order valence-electron chi connectivity index (χ2n) is 12.8. The standard InChI is InChI=1S/C33H37N5O4/c1-32(2,34)18-42-29-13-24(7-8-25(29)22-9-11-40-12-10-22)28-14-26-27(15-35-30(26)37-36-28)21-3-5-23(6-4-21)31(39)38-16-33(17-38)19-41-20-33/h3-8,13-15,22H,9-12,16-20,34H2,1-2H3,(H,35,37). The summed E-state index contributed by atoms with van der Waals surface area (Å²) in [5.74, 6) is 1.30. The molecule has 42 heavy (non-hydrogen) atoms. The van der Waals surface area contributed by atoms with Gasteiger partial charge in [-0.3, -0.25) is 4.79 Å². The Kier molecular flexibility index (Phi) is 6.76. The van der Waals surface area contributed by atoms with Crippen LogP contribution < -0.4 is 10.5 Å². The molecule has 3 aliphatic rings. The highest BCUT2D eigenvalue weighted by Crippen LogP contribution is 2.39. The van der Waals surface area contributed by atoms with E-state index in [4.69, 9.17) is 19.9 Å². The van der Waals surface area contributed by atoms with Crippen molar-refractivity contribution in [1.29, 1.82) is 0 Å². The van der Waals surface area contributed by atoms with Gasteiger partial charge in [-0.15, -0.1) is 10.2 Å². The second kappa shape index (κ2) is 10.5. The molecule has 9 nitrogen and oxygen atoms in total. The van der Waals surface area contributed by atoms with Gasteiger partial charge in [0.25, 0.3) is 5.91 Å². The number of carbonyl (C=O) groups excluding carboxylic acids is 1. The van der Waals surface area contributed by atoms with Gasteiger partial charge in [0.2, 0.25) is 0 Å². The summed E-state index contributed by atoms with van der Waals surface area (Å²) in [5.41, 5.74) is 12.3. The molecule has 3 fully saturated rings. The lowest BCUT2D eigenvalue weighted by molar-refractivity contribution is -0.176. The quantitative estimate of drug-likeness (QED) is 0.330. The molecule has 0 bridgehead atoms. The summed E-state index contributed by atoms with van der Waals surface area (Å²) in [5, 5.41) is 9.99. The van der Waals surface area contributed by atoms with Gasteiger partial charge in [0.05, 0.1) is 24.3 Å². The largest absolute Gasteiger partial charge is 0.491 e. The highest BCUT2D eigenvalue weighted by Gasteiger charge is 2.50. The molecular weight excluding hydrogens is 530 g/mol. The first-order valence-electron chi connectivity index (χ1n) is 14.7. The lowest BCUT2D eigenvalue weighted by atomic mass is 9.78. The third-order valence-corrected chi connectivity index (χ3v) is 8.61. The van der Waals surface area contributed by atoms with E-state index in [9.17, 15) is 4.79 Å². The van der Waals surface area contributed by atoms with Crippen LogP contribution in [-0.2, 0) is 9.47 Å². The number of carbonyl (C=O) groups is 1. The Labute approximate surface area is 245 Å². The molecule has 1 amide bonds. The molecule has 0 saturated carbocycles. The number of amides is 1. The smallest absolute Gasteiger partial charge is 0.253 e. The summed E-state index contributed by atoms with van der Waals surface area (Å²) in [4.78, 5) is 18.1. The Morgan fingerprint density at radius 2 is 1.79 bits per heavy atom. The molecule has 0 aliphatic carbocycles. The van der Waals surface area contributed by atoms with Crippen LogP contribution in [0.1, 0.15) is 48.5 Å². The van der Waals surface area contributed by atoms with E-state index in [0.29, 0.717) is 23.7 Å². The van der Waals surface area contributed by atoms with Crippen molar-refractivity contribution < 1.29 is 19.0 Å². The Morgan fingerprint density at radius 1 is 1.05 bits per heavy atom. The molecule has 0 radical (unpaired) electrons. The zero-order chi connectivity index (χ0) is 28.9. The fourth-order valence-electron chi connectivity index (χ4n) is 6.19. The SMILES string of the molecule is CC(C)(N)COc1cc(-c2cc3c(-c4ccc(C(=O)N5CC6(COC6)C5)cc4)c[nH]c3nn2)ccc1C1CCOCC1. The van der Waals surface area contributed by atoms with Gasteiger partial charge in [0.1, 0.15) is 12.4 Å². The molecule has 9 heteroatoms. The number of H-pyrrole nitrogens is 1. The maximum absolute atomic E-state index is 13.0. The van der Waals surface area contributed by atoms with Crippen molar-refractivity contribution in [3.63, 3.8) is 0 Å². The van der Waals surface area contributed by atoms with Crippen LogP contribution >= 0.6 is 0 Å². The number of benzene rings is 2. The molecule has 0 atom stereocenters. The molecule has 2 aromatic heterocycles. The van der Waals surface area contributed by atoms with Crippen LogP contribution in [0.3, 0.4) is 0 Å². The summed E-state index contributed by atoms with van der Waals surface area (Å²) < 4.78 is 17.2. The molecule has 3 N–H and O–H groups in total. The number of aromatic amines is 1. The van der Waals surface area contributed by atoms with Crippen LogP contribution in [0, 0.1) is 5.41 Å². The number of hydrogen-bond acceptors (Lipinski definition) is 7. The maximum atomic E-state index is 13.0. The van der Waals surface area contributed by atoms with Crippen molar-refractivity contribution in [2.45, 2.75) is 38.1 Å². The van der Waals surface area contributed by atoms with Gasteiger partial charge in [-0.25, -0.2) is 0 Å². The Morgan fingerprint density at radius 3 is 2.48 bits per heavy atom. The van der Waals surface area contributed by atoms with Gasteiger partial charge in [-0.05, 0) is 68.0 Å². The number of nitrogens with zero attached hydrogens (tertiary/aromatic N) is 3. The molecular formula is C33H37N5O4. The fourth-order valence-corrected chi connectivity index (χ4v) is 6.19. The van der Waals surface area contributed by atoms with E-state index in [1.165, 1.54) is 5.56 Å². The Balaban J connectivity index is 1.15. The molecule has 5 heterocycles. The maximum Gasteiger partial charge on any atom is 0.253 e. The number of ether oxygens (including phenoxy) is 3. The van der Waals surface area contributed by atoms with E-state index >= 15 is 0 Å². The van der Waals surface area contributed by atoms with Crippen molar-refractivity contribution in [1.82, 2.24) is 20.1 Å². The predicted octanol–water partition coefficient (Wildman–Crippen LogP) is 4.77. The minimum atomic E-state index is -0.454. The molecule has 4 aromatic rings. The van der Waals surface area contributed by atoms with Gasteiger partial charge in [-0.2, -0.15) is 0 Å². The van der Waals surface area contributed by atoms with Gasteiger partial charge >= 0.3 is 0 Å². The normalized spacial score (nSPS) is 18.6. The third kappa shape index (κ3) is 5.17. The van der Waals surface area contributed by atoms with Crippen LogP contribution in [0.25, 0.3) is 33.4 Å². The van der Waals surface area contributed by atoms with Gasteiger partial charge in [0, 0.05) is 60.1 Å². The number of aromatic nitrogens is 3.